The molecule has 0 heterocycles. The Kier molecular flexibility index (Phi) is 7.49. The number of nitrogens with two attached hydrogens (primary N) is 1. The number of carbonyl (C=O) groups excluding carboxylic acids is 1. The molecule has 108 valence electrons. The lowest BCUT2D eigenvalue weighted by molar-refractivity contribution is -0.123. The summed E-state index contributed by atoms with van der Waals surface area (Å²) < 4.78 is 5.47. The first-order valence-corrected chi connectivity index (χ1v) is 6.24. The van der Waals surface area contributed by atoms with Crippen LogP contribution in [0.1, 0.15) is 27.2 Å². The Labute approximate surface area is 121 Å². The summed E-state index contributed by atoms with van der Waals surface area (Å²) in [5.74, 6) is 0.736. The summed E-state index contributed by atoms with van der Waals surface area (Å²) >= 11 is 0. The highest BCUT2D eigenvalue weighted by molar-refractivity contribution is 5.95. The van der Waals surface area contributed by atoms with E-state index in [-0.39, 0.29) is 18.3 Å². The Morgan fingerprint density at radius 3 is 2.37 bits per heavy atom. The molecule has 1 aromatic carbocycles. The number of halogens is 1. The molecule has 0 aliphatic rings. The second kappa shape index (κ2) is 8.02. The van der Waals surface area contributed by atoms with E-state index >= 15 is 0 Å². The minimum Gasteiger partial charge on any atom is -0.494 e. The molecule has 1 rings (SSSR count). The zero-order chi connectivity index (χ0) is 13.6. The summed E-state index contributed by atoms with van der Waals surface area (Å²) in [6.07, 6.45) is 0.975. The minimum absolute atomic E-state index is 0. The molecule has 5 heteroatoms. The van der Waals surface area contributed by atoms with Gasteiger partial charge in [0.25, 0.3) is 0 Å². The smallest absolute Gasteiger partial charge is 0.231 e. The van der Waals surface area contributed by atoms with Gasteiger partial charge in [0.15, 0.2) is 0 Å². The van der Waals surface area contributed by atoms with E-state index in [1.54, 1.807) is 0 Å². The number of benzene rings is 1. The number of carbonyl (C=O) groups is 1. The van der Waals surface area contributed by atoms with Gasteiger partial charge in [-0.1, -0.05) is 6.92 Å². The van der Waals surface area contributed by atoms with Crippen LogP contribution in [0.25, 0.3) is 0 Å². The Hall–Kier alpha value is -1.26. The molecular weight excluding hydrogens is 264 g/mol. The molecule has 0 radical (unpaired) electrons. The average Bonchev–Trinajstić information content (AvgIpc) is 2.37. The molecule has 0 atom stereocenters. The van der Waals surface area contributed by atoms with Crippen molar-refractivity contribution in [3.05, 3.63) is 24.3 Å². The topological polar surface area (TPSA) is 64.3 Å². The van der Waals surface area contributed by atoms with Crippen molar-refractivity contribution in [3.8, 4) is 5.75 Å². The number of nitrogens with one attached hydrogen (secondary N) is 1. The van der Waals surface area contributed by atoms with Crippen molar-refractivity contribution in [2.45, 2.75) is 27.2 Å². The van der Waals surface area contributed by atoms with Gasteiger partial charge in [-0.15, -0.1) is 12.4 Å². The fraction of sp³-hybridized carbons (Fsp3) is 0.500. The maximum absolute atomic E-state index is 11.9. The fourth-order valence-electron chi connectivity index (χ4n) is 1.25. The highest BCUT2D eigenvalue weighted by Crippen LogP contribution is 2.19. The Morgan fingerprint density at radius 2 is 1.89 bits per heavy atom. The number of rotatable bonds is 6. The van der Waals surface area contributed by atoms with Crippen LogP contribution >= 0.6 is 12.4 Å². The van der Waals surface area contributed by atoms with E-state index in [0.29, 0.717) is 13.2 Å². The molecule has 3 N–H and O–H groups in total. The molecule has 0 fully saturated rings. The summed E-state index contributed by atoms with van der Waals surface area (Å²) in [6, 6.07) is 7.35. The van der Waals surface area contributed by atoms with Gasteiger partial charge >= 0.3 is 0 Å². The van der Waals surface area contributed by atoms with Crippen LogP contribution in [0.4, 0.5) is 5.69 Å². The van der Waals surface area contributed by atoms with E-state index in [2.05, 4.69) is 12.2 Å². The van der Waals surface area contributed by atoms with E-state index in [9.17, 15) is 4.79 Å². The van der Waals surface area contributed by atoms with E-state index in [1.165, 1.54) is 0 Å². The van der Waals surface area contributed by atoms with Crippen LogP contribution in [0.2, 0.25) is 0 Å². The summed E-state index contributed by atoms with van der Waals surface area (Å²) in [6.45, 7) is 6.72. The van der Waals surface area contributed by atoms with Gasteiger partial charge in [0.1, 0.15) is 5.75 Å². The van der Waals surface area contributed by atoms with Gasteiger partial charge in [-0.3, -0.25) is 4.79 Å². The Morgan fingerprint density at radius 1 is 1.32 bits per heavy atom. The van der Waals surface area contributed by atoms with Crippen molar-refractivity contribution in [1.82, 2.24) is 0 Å². The summed E-state index contributed by atoms with van der Waals surface area (Å²) in [4.78, 5) is 11.9. The first kappa shape index (κ1) is 17.7. The SMILES string of the molecule is CCCOc1ccc(NC(=O)C(C)(C)CN)cc1.Cl. The van der Waals surface area contributed by atoms with Crippen molar-refractivity contribution in [1.29, 1.82) is 0 Å². The lowest BCUT2D eigenvalue weighted by Crippen LogP contribution is -2.37. The lowest BCUT2D eigenvalue weighted by atomic mass is 9.92. The quantitative estimate of drug-likeness (QED) is 0.845. The molecule has 0 saturated heterocycles. The van der Waals surface area contributed by atoms with Crippen molar-refractivity contribution >= 4 is 24.0 Å². The average molecular weight is 287 g/mol. The molecule has 19 heavy (non-hydrogen) atoms. The van der Waals surface area contributed by atoms with E-state index in [4.69, 9.17) is 10.5 Å². The normalized spacial score (nSPS) is 10.5. The monoisotopic (exact) mass is 286 g/mol. The second-order valence-electron chi connectivity index (χ2n) is 4.91. The third-order valence-corrected chi connectivity index (χ3v) is 2.71. The fourth-order valence-corrected chi connectivity index (χ4v) is 1.25. The first-order valence-electron chi connectivity index (χ1n) is 6.24. The molecule has 1 aromatic rings. The lowest BCUT2D eigenvalue weighted by Gasteiger charge is -2.21. The van der Waals surface area contributed by atoms with Gasteiger partial charge in [0.2, 0.25) is 5.91 Å². The zero-order valence-electron chi connectivity index (χ0n) is 11.7. The maximum Gasteiger partial charge on any atom is 0.231 e. The van der Waals surface area contributed by atoms with Crippen molar-refractivity contribution in [3.63, 3.8) is 0 Å². The zero-order valence-corrected chi connectivity index (χ0v) is 12.5. The van der Waals surface area contributed by atoms with Crippen LogP contribution in [0.3, 0.4) is 0 Å². The van der Waals surface area contributed by atoms with Gasteiger partial charge in [0.05, 0.1) is 12.0 Å². The van der Waals surface area contributed by atoms with Crippen molar-refractivity contribution in [2.24, 2.45) is 11.1 Å². The van der Waals surface area contributed by atoms with Crippen LogP contribution in [0.5, 0.6) is 5.75 Å². The predicted molar refractivity (Wildman–Crippen MR) is 80.9 cm³/mol. The summed E-state index contributed by atoms with van der Waals surface area (Å²) in [5, 5.41) is 2.84. The molecule has 0 unspecified atom stereocenters. The van der Waals surface area contributed by atoms with Gasteiger partial charge in [0, 0.05) is 12.2 Å². The first-order chi connectivity index (χ1) is 8.49. The number of anilines is 1. The summed E-state index contributed by atoms with van der Waals surface area (Å²) in [7, 11) is 0. The highest BCUT2D eigenvalue weighted by Gasteiger charge is 2.25. The number of ether oxygens (including phenoxy) is 1. The standard InChI is InChI=1S/C14H22N2O2.ClH/c1-4-9-18-12-7-5-11(6-8-12)16-13(17)14(2,3)10-15;/h5-8H,4,9-10,15H2,1-3H3,(H,16,17);1H. The highest BCUT2D eigenvalue weighted by atomic mass is 35.5. The van der Waals surface area contributed by atoms with Crippen molar-refractivity contribution in [2.75, 3.05) is 18.5 Å². The van der Waals surface area contributed by atoms with Crippen LogP contribution < -0.4 is 15.8 Å². The number of amides is 1. The third-order valence-electron chi connectivity index (χ3n) is 2.71. The molecule has 4 nitrogen and oxygen atoms in total. The van der Waals surface area contributed by atoms with Crippen LogP contribution in [0.15, 0.2) is 24.3 Å². The largest absolute Gasteiger partial charge is 0.494 e. The van der Waals surface area contributed by atoms with Crippen LogP contribution in [-0.2, 0) is 4.79 Å². The van der Waals surface area contributed by atoms with Gasteiger partial charge in [-0.25, -0.2) is 0 Å². The van der Waals surface area contributed by atoms with Crippen molar-refractivity contribution < 1.29 is 9.53 Å². The van der Waals surface area contributed by atoms with E-state index in [0.717, 1.165) is 17.9 Å². The Balaban J connectivity index is 0.00000324. The number of hydrogen-bond donors (Lipinski definition) is 2. The predicted octanol–water partition coefficient (Wildman–Crippen LogP) is 2.82. The Bertz CT molecular complexity index is 391. The molecule has 0 aliphatic heterocycles. The molecule has 0 aromatic heterocycles. The van der Waals surface area contributed by atoms with Crippen LogP contribution in [0, 0.1) is 5.41 Å². The third kappa shape index (κ3) is 5.49. The van der Waals surface area contributed by atoms with Gasteiger partial charge in [-0.05, 0) is 44.5 Å². The number of hydrogen-bond acceptors (Lipinski definition) is 3. The van der Waals surface area contributed by atoms with E-state index < -0.39 is 5.41 Å². The molecule has 0 spiro atoms. The van der Waals surface area contributed by atoms with Gasteiger partial charge in [-0.2, -0.15) is 0 Å². The minimum atomic E-state index is -0.558. The molecule has 0 saturated carbocycles. The molecular formula is C14H23ClN2O2. The maximum atomic E-state index is 11.9. The van der Waals surface area contributed by atoms with Crippen LogP contribution in [-0.4, -0.2) is 19.1 Å². The summed E-state index contributed by atoms with van der Waals surface area (Å²) in [5.41, 5.74) is 5.76. The molecule has 0 aliphatic carbocycles. The van der Waals surface area contributed by atoms with E-state index in [1.807, 2.05) is 38.1 Å². The molecule has 0 bridgehead atoms. The van der Waals surface area contributed by atoms with Gasteiger partial charge < -0.3 is 15.8 Å². The molecule has 1 amide bonds. The second-order valence-corrected chi connectivity index (χ2v) is 4.91.